The molecule has 2 N–H and O–H groups in total. The first-order valence-electron chi connectivity index (χ1n) is 11.4. The van der Waals surface area contributed by atoms with E-state index in [2.05, 4.69) is 5.32 Å². The number of carbonyl (C=O) groups is 3. The van der Waals surface area contributed by atoms with Crippen LogP contribution in [0.3, 0.4) is 0 Å². The first kappa shape index (κ1) is 23.0. The van der Waals surface area contributed by atoms with Crippen LogP contribution in [0.4, 0.5) is 10.5 Å². The third kappa shape index (κ3) is 4.61. The maximum absolute atomic E-state index is 13.3. The lowest BCUT2D eigenvalue weighted by Gasteiger charge is -2.31. The number of carbonyl (C=O) groups excluding carboxylic acids is 2. The van der Waals surface area contributed by atoms with E-state index >= 15 is 0 Å². The van der Waals surface area contributed by atoms with Crippen LogP contribution >= 0.6 is 11.8 Å². The first-order chi connectivity index (χ1) is 17.0. The fourth-order valence-electron chi connectivity index (χ4n) is 4.74. The molecule has 2 aliphatic rings. The lowest BCUT2D eigenvalue weighted by molar-refractivity contribution is -0.139. The average molecular weight is 489 g/mol. The molecule has 0 radical (unpaired) electrons. The van der Waals surface area contributed by atoms with Gasteiger partial charge in [-0.25, -0.2) is 4.79 Å². The zero-order chi connectivity index (χ0) is 24.4. The standard InChI is InChI=1S/C27H24N2O5S/c30-25(31)15-22(26(32)29-13-14-35-24-12-6-5-11-23(24)29)28-27(33)34-16-21-19-9-3-1-7-17(19)18-8-2-4-10-20(18)21/h1-12,21-22H,13-16H2,(H,28,33)(H,30,31). The monoisotopic (exact) mass is 488 g/mol. The number of carboxylic acid groups (broad SMARTS) is 1. The highest BCUT2D eigenvalue weighted by Gasteiger charge is 2.33. The smallest absolute Gasteiger partial charge is 0.407 e. The third-order valence-electron chi connectivity index (χ3n) is 6.31. The highest BCUT2D eigenvalue weighted by Crippen LogP contribution is 2.44. The molecule has 2 amide bonds. The molecular formula is C27H24N2O5S. The van der Waals surface area contributed by atoms with Crippen molar-refractivity contribution in [3.8, 4) is 11.1 Å². The highest BCUT2D eigenvalue weighted by atomic mass is 32.2. The van der Waals surface area contributed by atoms with Crippen LogP contribution in [-0.4, -0.2) is 48.0 Å². The van der Waals surface area contributed by atoms with Crippen molar-refractivity contribution in [3.63, 3.8) is 0 Å². The van der Waals surface area contributed by atoms with Gasteiger partial charge in [0.05, 0.1) is 12.1 Å². The number of anilines is 1. The minimum absolute atomic E-state index is 0.0804. The normalized spacial score (nSPS) is 14.9. The number of hydrogen-bond acceptors (Lipinski definition) is 5. The van der Waals surface area contributed by atoms with E-state index in [-0.39, 0.29) is 12.5 Å². The molecule has 1 aliphatic heterocycles. The van der Waals surface area contributed by atoms with Gasteiger partial charge in [-0.3, -0.25) is 9.59 Å². The molecule has 0 aromatic heterocycles. The van der Waals surface area contributed by atoms with Crippen molar-refractivity contribution in [1.82, 2.24) is 5.32 Å². The number of carboxylic acids is 1. The SMILES string of the molecule is O=C(O)CC(NC(=O)OCC1c2ccccc2-c2ccccc21)C(=O)N1CCSc2ccccc21. The topological polar surface area (TPSA) is 95.9 Å². The Kier molecular flexibility index (Phi) is 6.46. The summed E-state index contributed by atoms with van der Waals surface area (Å²) in [5.41, 5.74) is 5.08. The molecule has 7 nitrogen and oxygen atoms in total. The van der Waals surface area contributed by atoms with Crippen LogP contribution < -0.4 is 10.2 Å². The number of ether oxygens (including phenoxy) is 1. The van der Waals surface area contributed by atoms with Crippen LogP contribution in [0.25, 0.3) is 11.1 Å². The summed E-state index contributed by atoms with van der Waals surface area (Å²) in [6.45, 7) is 0.514. The Hall–Kier alpha value is -3.78. The number of hydrogen-bond donors (Lipinski definition) is 2. The van der Waals surface area contributed by atoms with Gasteiger partial charge in [0, 0.05) is 23.1 Å². The van der Waals surface area contributed by atoms with Gasteiger partial charge < -0.3 is 20.1 Å². The van der Waals surface area contributed by atoms with E-state index in [9.17, 15) is 19.5 Å². The van der Waals surface area contributed by atoms with Crippen LogP contribution in [0.2, 0.25) is 0 Å². The third-order valence-corrected chi connectivity index (χ3v) is 7.35. The fourth-order valence-corrected chi connectivity index (χ4v) is 5.74. The van der Waals surface area contributed by atoms with Crippen molar-refractivity contribution < 1.29 is 24.2 Å². The first-order valence-corrected chi connectivity index (χ1v) is 12.4. The van der Waals surface area contributed by atoms with Gasteiger partial charge in [0.15, 0.2) is 0 Å². The molecule has 5 rings (SSSR count). The fraction of sp³-hybridized carbons (Fsp3) is 0.222. The molecule has 1 aliphatic carbocycles. The molecule has 3 aromatic carbocycles. The molecule has 178 valence electrons. The summed E-state index contributed by atoms with van der Waals surface area (Å²) in [5, 5.41) is 11.9. The molecule has 0 saturated carbocycles. The lowest BCUT2D eigenvalue weighted by Crippen LogP contribution is -2.51. The molecule has 8 heteroatoms. The van der Waals surface area contributed by atoms with Crippen LogP contribution in [-0.2, 0) is 14.3 Å². The van der Waals surface area contributed by atoms with Gasteiger partial charge in [0.25, 0.3) is 0 Å². The second-order valence-corrected chi connectivity index (χ2v) is 9.56. The summed E-state index contributed by atoms with van der Waals surface area (Å²) in [4.78, 5) is 40.0. The van der Waals surface area contributed by atoms with E-state index < -0.39 is 30.4 Å². The number of nitrogens with zero attached hydrogens (tertiary/aromatic N) is 1. The largest absolute Gasteiger partial charge is 0.481 e. The van der Waals surface area contributed by atoms with E-state index in [1.165, 1.54) is 0 Å². The molecule has 0 fully saturated rings. The maximum Gasteiger partial charge on any atom is 0.407 e. The van der Waals surface area contributed by atoms with Crippen molar-refractivity contribution in [2.75, 3.05) is 23.8 Å². The Labute approximate surface area is 207 Å². The second kappa shape index (κ2) is 9.84. The Morgan fingerprint density at radius 3 is 2.29 bits per heavy atom. The van der Waals surface area contributed by atoms with Crippen molar-refractivity contribution >= 4 is 35.4 Å². The van der Waals surface area contributed by atoms with E-state index in [0.717, 1.165) is 32.8 Å². The summed E-state index contributed by atoms with van der Waals surface area (Å²) in [6, 6.07) is 22.2. The van der Waals surface area contributed by atoms with E-state index in [0.29, 0.717) is 12.3 Å². The Morgan fingerprint density at radius 2 is 1.60 bits per heavy atom. The zero-order valence-electron chi connectivity index (χ0n) is 18.8. The molecule has 0 spiro atoms. The minimum Gasteiger partial charge on any atom is -0.481 e. The lowest BCUT2D eigenvalue weighted by atomic mass is 9.98. The number of fused-ring (bicyclic) bond motifs is 4. The summed E-state index contributed by atoms with van der Waals surface area (Å²) >= 11 is 1.64. The Bertz CT molecular complexity index is 1250. The van der Waals surface area contributed by atoms with Gasteiger partial charge in [-0.2, -0.15) is 0 Å². The van der Waals surface area contributed by atoms with Gasteiger partial charge in [-0.1, -0.05) is 60.7 Å². The van der Waals surface area contributed by atoms with Crippen LogP contribution in [0.5, 0.6) is 0 Å². The average Bonchev–Trinajstić information content (AvgIpc) is 3.20. The predicted molar refractivity (Wildman–Crippen MR) is 134 cm³/mol. The summed E-state index contributed by atoms with van der Waals surface area (Å²) < 4.78 is 5.54. The molecular weight excluding hydrogens is 464 g/mol. The van der Waals surface area contributed by atoms with Gasteiger partial charge in [0.1, 0.15) is 12.6 Å². The van der Waals surface area contributed by atoms with Crippen LogP contribution in [0, 0.1) is 0 Å². The molecule has 1 heterocycles. The summed E-state index contributed by atoms with van der Waals surface area (Å²) in [6.07, 6.45) is -1.35. The zero-order valence-corrected chi connectivity index (χ0v) is 19.7. The van der Waals surface area contributed by atoms with Crippen molar-refractivity contribution in [2.24, 2.45) is 0 Å². The molecule has 35 heavy (non-hydrogen) atoms. The molecule has 3 aromatic rings. The van der Waals surface area contributed by atoms with Gasteiger partial charge in [-0.15, -0.1) is 11.8 Å². The van der Waals surface area contributed by atoms with E-state index in [4.69, 9.17) is 4.74 Å². The number of thioether (sulfide) groups is 1. The number of alkyl carbamates (subject to hydrolysis) is 1. The highest BCUT2D eigenvalue weighted by molar-refractivity contribution is 7.99. The summed E-state index contributed by atoms with van der Waals surface area (Å²) in [5.74, 6) is -1.09. The number of para-hydroxylation sites is 1. The number of benzene rings is 3. The Morgan fingerprint density at radius 1 is 0.971 bits per heavy atom. The maximum atomic E-state index is 13.3. The van der Waals surface area contributed by atoms with E-state index in [1.807, 2.05) is 72.8 Å². The van der Waals surface area contributed by atoms with Crippen molar-refractivity contribution in [3.05, 3.63) is 83.9 Å². The van der Waals surface area contributed by atoms with Crippen LogP contribution in [0.1, 0.15) is 23.5 Å². The number of aliphatic carboxylic acids is 1. The number of amides is 2. The molecule has 1 atom stereocenters. The molecule has 1 unspecified atom stereocenters. The Balaban J connectivity index is 1.30. The van der Waals surface area contributed by atoms with Gasteiger partial charge in [0.2, 0.25) is 5.91 Å². The van der Waals surface area contributed by atoms with Crippen molar-refractivity contribution in [1.29, 1.82) is 0 Å². The van der Waals surface area contributed by atoms with Gasteiger partial charge >= 0.3 is 12.1 Å². The van der Waals surface area contributed by atoms with E-state index in [1.54, 1.807) is 16.7 Å². The predicted octanol–water partition coefficient (Wildman–Crippen LogP) is 4.51. The molecule has 0 bridgehead atoms. The second-order valence-electron chi connectivity index (χ2n) is 8.43. The summed E-state index contributed by atoms with van der Waals surface area (Å²) in [7, 11) is 0. The van der Waals surface area contributed by atoms with Crippen LogP contribution in [0.15, 0.2) is 77.7 Å². The quantitative estimate of drug-likeness (QED) is 0.530. The molecule has 0 saturated heterocycles. The minimum atomic E-state index is -1.24. The van der Waals surface area contributed by atoms with Crippen molar-refractivity contribution in [2.45, 2.75) is 23.3 Å². The van der Waals surface area contributed by atoms with Gasteiger partial charge in [-0.05, 0) is 34.4 Å². The number of rotatable bonds is 6. The number of nitrogens with one attached hydrogen (secondary N) is 1.